The standard InChI is InChI=1S/C20H27NO2/c1-12-4-3-5-18(6-12)23-13(2)20(22)21-19-16-8-14-7-15(10-16)11-17(19)9-14/h3-6,13-17,19H,7-11H2,1-2H3,(H,21,22)/t13-,14?,15?,16?,17?,19?/m1/s1. The minimum atomic E-state index is -0.436. The number of carbonyl (C=O) groups excluding carboxylic acids is 1. The van der Waals surface area contributed by atoms with Crippen LogP contribution in [0.5, 0.6) is 5.75 Å². The third-order valence-corrected chi connectivity index (χ3v) is 6.21. The zero-order chi connectivity index (χ0) is 16.0. The smallest absolute Gasteiger partial charge is 0.261 e. The van der Waals surface area contributed by atoms with Gasteiger partial charge >= 0.3 is 0 Å². The molecule has 0 saturated heterocycles. The summed E-state index contributed by atoms with van der Waals surface area (Å²) < 4.78 is 5.84. The number of amides is 1. The number of ether oxygens (including phenoxy) is 1. The van der Waals surface area contributed by atoms with Crippen LogP contribution in [0.4, 0.5) is 0 Å². The van der Waals surface area contributed by atoms with E-state index in [0.717, 1.165) is 23.1 Å². The molecule has 0 spiro atoms. The number of nitrogens with one attached hydrogen (secondary N) is 1. The first kappa shape index (κ1) is 15.0. The fourth-order valence-corrected chi connectivity index (χ4v) is 5.39. The molecule has 4 fully saturated rings. The highest BCUT2D eigenvalue weighted by atomic mass is 16.5. The van der Waals surface area contributed by atoms with Gasteiger partial charge in [-0.25, -0.2) is 0 Å². The summed E-state index contributed by atoms with van der Waals surface area (Å²) in [6.45, 7) is 3.89. The Hall–Kier alpha value is -1.51. The van der Waals surface area contributed by atoms with Crippen LogP contribution in [0.3, 0.4) is 0 Å². The van der Waals surface area contributed by atoms with E-state index in [-0.39, 0.29) is 5.91 Å². The number of carbonyl (C=O) groups is 1. The molecule has 0 radical (unpaired) electrons. The molecular formula is C20H27NO2. The molecule has 5 rings (SSSR count). The minimum Gasteiger partial charge on any atom is -0.481 e. The van der Waals surface area contributed by atoms with Crippen molar-refractivity contribution in [1.82, 2.24) is 5.32 Å². The molecule has 1 N–H and O–H groups in total. The van der Waals surface area contributed by atoms with Crippen molar-refractivity contribution in [2.24, 2.45) is 23.7 Å². The van der Waals surface area contributed by atoms with E-state index >= 15 is 0 Å². The molecule has 1 atom stereocenters. The van der Waals surface area contributed by atoms with Crippen LogP contribution < -0.4 is 10.1 Å². The van der Waals surface area contributed by atoms with Crippen LogP contribution in [0.15, 0.2) is 24.3 Å². The van der Waals surface area contributed by atoms with E-state index in [9.17, 15) is 4.79 Å². The first-order chi connectivity index (χ1) is 11.1. The Bertz CT molecular complexity index is 569. The molecule has 1 aromatic rings. The predicted octanol–water partition coefficient (Wildman–Crippen LogP) is 3.70. The molecule has 1 aromatic carbocycles. The Kier molecular flexibility index (Phi) is 3.82. The van der Waals surface area contributed by atoms with Gasteiger partial charge in [0.25, 0.3) is 5.91 Å². The maximum Gasteiger partial charge on any atom is 0.261 e. The van der Waals surface area contributed by atoms with Gasteiger partial charge in [-0.3, -0.25) is 4.79 Å². The largest absolute Gasteiger partial charge is 0.481 e. The molecule has 0 unspecified atom stereocenters. The van der Waals surface area contributed by atoms with Crippen molar-refractivity contribution in [2.75, 3.05) is 0 Å². The highest BCUT2D eigenvalue weighted by Gasteiger charge is 2.48. The van der Waals surface area contributed by atoms with E-state index in [0.29, 0.717) is 17.9 Å². The monoisotopic (exact) mass is 313 g/mol. The predicted molar refractivity (Wildman–Crippen MR) is 90.2 cm³/mol. The van der Waals surface area contributed by atoms with Crippen LogP contribution in [-0.2, 0) is 4.79 Å². The number of hydrogen-bond acceptors (Lipinski definition) is 2. The van der Waals surface area contributed by atoms with Crippen molar-refractivity contribution in [3.05, 3.63) is 29.8 Å². The van der Waals surface area contributed by atoms with Gasteiger partial charge in [-0.15, -0.1) is 0 Å². The van der Waals surface area contributed by atoms with Gasteiger partial charge in [0.15, 0.2) is 6.10 Å². The third-order valence-electron chi connectivity index (χ3n) is 6.21. The number of benzene rings is 1. The summed E-state index contributed by atoms with van der Waals surface area (Å²) >= 11 is 0. The van der Waals surface area contributed by atoms with Gasteiger partial charge in [0, 0.05) is 6.04 Å². The molecule has 0 aliphatic heterocycles. The van der Waals surface area contributed by atoms with E-state index < -0.39 is 6.10 Å². The summed E-state index contributed by atoms with van der Waals surface area (Å²) in [6.07, 6.45) is 6.31. The summed E-state index contributed by atoms with van der Waals surface area (Å²) in [5.74, 6) is 4.11. The van der Waals surface area contributed by atoms with Crippen molar-refractivity contribution in [3.8, 4) is 5.75 Å². The number of aryl methyl sites for hydroxylation is 1. The lowest BCUT2D eigenvalue weighted by Crippen LogP contribution is -2.57. The Morgan fingerprint density at radius 1 is 1.13 bits per heavy atom. The molecular weight excluding hydrogens is 286 g/mol. The normalized spacial score (nSPS) is 35.8. The third kappa shape index (κ3) is 2.98. The second kappa shape index (κ2) is 5.85. The number of rotatable bonds is 4. The van der Waals surface area contributed by atoms with Gasteiger partial charge in [-0.05, 0) is 87.3 Å². The fraction of sp³-hybridized carbons (Fsp3) is 0.650. The molecule has 0 aromatic heterocycles. The van der Waals surface area contributed by atoms with Gasteiger partial charge in [-0.1, -0.05) is 12.1 Å². The van der Waals surface area contributed by atoms with Crippen molar-refractivity contribution >= 4 is 5.91 Å². The Morgan fingerprint density at radius 3 is 2.39 bits per heavy atom. The van der Waals surface area contributed by atoms with E-state index in [4.69, 9.17) is 4.74 Å². The highest BCUT2D eigenvalue weighted by molar-refractivity contribution is 5.81. The first-order valence-corrected chi connectivity index (χ1v) is 9.12. The lowest BCUT2D eigenvalue weighted by molar-refractivity contribution is -0.131. The van der Waals surface area contributed by atoms with Crippen molar-refractivity contribution in [3.63, 3.8) is 0 Å². The van der Waals surface area contributed by atoms with Gasteiger partial charge in [-0.2, -0.15) is 0 Å². The van der Waals surface area contributed by atoms with Crippen LogP contribution in [0.25, 0.3) is 0 Å². The summed E-state index contributed by atoms with van der Waals surface area (Å²) in [7, 11) is 0. The van der Waals surface area contributed by atoms with E-state index in [1.54, 1.807) is 0 Å². The van der Waals surface area contributed by atoms with E-state index in [1.165, 1.54) is 32.1 Å². The lowest BCUT2D eigenvalue weighted by Gasteiger charge is -2.54. The summed E-state index contributed by atoms with van der Waals surface area (Å²) in [6, 6.07) is 8.28. The van der Waals surface area contributed by atoms with E-state index in [2.05, 4.69) is 5.32 Å². The van der Waals surface area contributed by atoms with Crippen LogP contribution in [-0.4, -0.2) is 18.1 Å². The van der Waals surface area contributed by atoms with Crippen LogP contribution >= 0.6 is 0 Å². The molecule has 4 saturated carbocycles. The van der Waals surface area contributed by atoms with Gasteiger partial charge in [0.1, 0.15) is 5.75 Å². The van der Waals surface area contributed by atoms with Crippen LogP contribution in [0, 0.1) is 30.6 Å². The highest BCUT2D eigenvalue weighted by Crippen LogP contribution is 2.53. The summed E-state index contributed by atoms with van der Waals surface area (Å²) in [5.41, 5.74) is 1.15. The second-order valence-corrected chi connectivity index (χ2v) is 8.04. The van der Waals surface area contributed by atoms with Crippen LogP contribution in [0.1, 0.15) is 44.6 Å². The van der Waals surface area contributed by atoms with E-state index in [1.807, 2.05) is 38.1 Å². The topological polar surface area (TPSA) is 38.3 Å². The van der Waals surface area contributed by atoms with Gasteiger partial charge < -0.3 is 10.1 Å². The van der Waals surface area contributed by atoms with Crippen LogP contribution in [0.2, 0.25) is 0 Å². The summed E-state index contributed by atoms with van der Waals surface area (Å²) in [4.78, 5) is 12.6. The first-order valence-electron chi connectivity index (χ1n) is 9.12. The Balaban J connectivity index is 1.38. The van der Waals surface area contributed by atoms with Crippen molar-refractivity contribution in [1.29, 1.82) is 0 Å². The SMILES string of the molecule is Cc1cccc(O[C@H](C)C(=O)NC2C3CC4CC(C3)CC2C4)c1. The van der Waals surface area contributed by atoms with Crippen molar-refractivity contribution < 1.29 is 9.53 Å². The van der Waals surface area contributed by atoms with Gasteiger partial charge in [0.05, 0.1) is 0 Å². The molecule has 3 nitrogen and oxygen atoms in total. The van der Waals surface area contributed by atoms with Crippen molar-refractivity contribution in [2.45, 2.75) is 58.1 Å². The zero-order valence-corrected chi connectivity index (χ0v) is 14.1. The second-order valence-electron chi connectivity index (χ2n) is 8.04. The molecule has 4 aliphatic rings. The quantitative estimate of drug-likeness (QED) is 0.920. The molecule has 3 heteroatoms. The Morgan fingerprint density at radius 2 is 1.78 bits per heavy atom. The lowest BCUT2D eigenvalue weighted by atomic mass is 9.54. The minimum absolute atomic E-state index is 0.0454. The molecule has 4 aliphatic carbocycles. The molecule has 1 amide bonds. The molecule has 124 valence electrons. The zero-order valence-electron chi connectivity index (χ0n) is 14.1. The number of hydrogen-bond donors (Lipinski definition) is 1. The molecule has 4 bridgehead atoms. The molecule has 23 heavy (non-hydrogen) atoms. The average Bonchev–Trinajstić information content (AvgIpc) is 2.50. The summed E-state index contributed by atoms with van der Waals surface area (Å²) in [5, 5.41) is 3.33. The average molecular weight is 313 g/mol. The van der Waals surface area contributed by atoms with Gasteiger partial charge in [0.2, 0.25) is 0 Å². The molecule has 0 heterocycles. The maximum absolute atomic E-state index is 12.6. The maximum atomic E-state index is 12.6. The Labute approximate surface area is 138 Å². The fourth-order valence-electron chi connectivity index (χ4n) is 5.39.